The number of hydrogen-bond donors (Lipinski definition) is 2. The van der Waals surface area contributed by atoms with Crippen LogP contribution in [0.4, 0.5) is 10.1 Å². The van der Waals surface area contributed by atoms with Crippen LogP contribution < -0.4 is 16.1 Å². The van der Waals surface area contributed by atoms with Crippen molar-refractivity contribution in [2.45, 2.75) is 38.8 Å². The molecule has 3 N–H and O–H groups in total. The number of rotatable bonds is 5. The van der Waals surface area contributed by atoms with E-state index in [1.54, 1.807) is 0 Å². The molecule has 2 aromatic carbocycles. The van der Waals surface area contributed by atoms with Crippen molar-refractivity contribution in [2.75, 3.05) is 36.9 Å². The van der Waals surface area contributed by atoms with Crippen LogP contribution in [0.3, 0.4) is 0 Å². The number of aromatic nitrogens is 1. The van der Waals surface area contributed by atoms with Crippen molar-refractivity contribution in [1.82, 2.24) is 14.9 Å². The van der Waals surface area contributed by atoms with Gasteiger partial charge in [0.2, 0.25) is 5.91 Å². The highest BCUT2D eigenvalue weighted by atomic mass is 19.1. The minimum atomic E-state index is -0.222. The molecule has 1 atom stereocenters. The fourth-order valence-electron chi connectivity index (χ4n) is 4.97. The largest absolute Gasteiger partial charge is 0.339 e. The molecule has 6 nitrogen and oxygen atoms in total. The van der Waals surface area contributed by atoms with Crippen LogP contribution in [0.1, 0.15) is 30.2 Å². The van der Waals surface area contributed by atoms with Crippen LogP contribution in [-0.2, 0) is 24.2 Å². The first-order valence-corrected chi connectivity index (χ1v) is 11.5. The van der Waals surface area contributed by atoms with Crippen molar-refractivity contribution in [3.63, 3.8) is 0 Å². The Morgan fingerprint density at radius 2 is 1.97 bits per heavy atom. The first kappa shape index (κ1) is 21.0. The maximum atomic E-state index is 13.1. The van der Waals surface area contributed by atoms with Crippen LogP contribution in [0.25, 0.3) is 10.9 Å². The molecular weight excluding hydrogens is 405 g/mol. The van der Waals surface area contributed by atoms with Gasteiger partial charge in [-0.3, -0.25) is 14.4 Å². The summed E-state index contributed by atoms with van der Waals surface area (Å²) in [6.07, 6.45) is 2.81. The molecule has 1 aromatic heterocycles. The number of fused-ring (bicyclic) bond motifs is 3. The lowest BCUT2D eigenvalue weighted by Crippen LogP contribution is -2.50. The molecule has 3 aromatic rings. The second-order valence-corrected chi connectivity index (χ2v) is 8.88. The van der Waals surface area contributed by atoms with Gasteiger partial charge in [0.05, 0.1) is 12.1 Å². The van der Waals surface area contributed by atoms with E-state index in [4.69, 9.17) is 5.84 Å². The molecule has 5 rings (SSSR count). The Labute approximate surface area is 187 Å². The second kappa shape index (κ2) is 8.56. The smallest absolute Gasteiger partial charge is 0.241 e. The van der Waals surface area contributed by atoms with Crippen LogP contribution in [0.5, 0.6) is 0 Å². The molecular formula is C25H30FN5O. The number of benzene rings is 2. The maximum Gasteiger partial charge on any atom is 0.241 e. The van der Waals surface area contributed by atoms with Crippen LogP contribution >= 0.6 is 0 Å². The van der Waals surface area contributed by atoms with Gasteiger partial charge in [-0.05, 0) is 48.2 Å². The third-order valence-electron chi connectivity index (χ3n) is 6.95. The Morgan fingerprint density at radius 3 is 2.72 bits per heavy atom. The summed E-state index contributed by atoms with van der Waals surface area (Å²) in [4.78, 5) is 17.0. The average molecular weight is 436 g/mol. The van der Waals surface area contributed by atoms with Crippen LogP contribution in [-0.4, -0.2) is 47.7 Å². The number of piperazine rings is 1. The van der Waals surface area contributed by atoms with Crippen molar-refractivity contribution < 1.29 is 9.18 Å². The standard InChI is InChI=1S/C25H30FN5O/c1-2-19-13-23-22(15-28-19)21-8-7-20(14-24(21)31(23)27)30-12-11-29(16-25(30)32)10-9-17-3-5-18(26)6-4-17/h3-8,14,19,28H,2,9-13,15-16,27H2,1H3. The molecule has 0 bridgehead atoms. The van der Waals surface area contributed by atoms with Crippen molar-refractivity contribution >= 4 is 22.5 Å². The molecule has 1 unspecified atom stereocenters. The van der Waals surface area contributed by atoms with Crippen molar-refractivity contribution in [2.24, 2.45) is 0 Å². The van der Waals surface area contributed by atoms with E-state index in [2.05, 4.69) is 29.3 Å². The highest BCUT2D eigenvalue weighted by molar-refractivity contribution is 5.98. The first-order valence-electron chi connectivity index (χ1n) is 11.5. The number of carbonyl (C=O) groups excluding carboxylic acids is 1. The van der Waals surface area contributed by atoms with E-state index in [1.807, 2.05) is 27.8 Å². The van der Waals surface area contributed by atoms with E-state index in [-0.39, 0.29) is 11.7 Å². The minimum absolute atomic E-state index is 0.0994. The number of carbonyl (C=O) groups is 1. The summed E-state index contributed by atoms with van der Waals surface area (Å²) >= 11 is 0. The quantitative estimate of drug-likeness (QED) is 0.605. The number of hydrogen-bond acceptors (Lipinski definition) is 4. The molecule has 32 heavy (non-hydrogen) atoms. The van der Waals surface area contributed by atoms with Gasteiger partial charge in [0, 0.05) is 55.4 Å². The number of amides is 1. The monoisotopic (exact) mass is 435 g/mol. The van der Waals surface area contributed by atoms with E-state index < -0.39 is 0 Å². The molecule has 0 radical (unpaired) electrons. The number of halogens is 1. The lowest BCUT2D eigenvalue weighted by Gasteiger charge is -2.34. The number of nitrogen functional groups attached to an aromatic ring is 1. The van der Waals surface area contributed by atoms with E-state index in [9.17, 15) is 9.18 Å². The Balaban J connectivity index is 1.29. The zero-order valence-corrected chi connectivity index (χ0v) is 18.5. The number of nitrogens with two attached hydrogens (primary N) is 1. The summed E-state index contributed by atoms with van der Waals surface area (Å²) in [5.41, 5.74) is 5.44. The Bertz CT molecular complexity index is 1140. The highest BCUT2D eigenvalue weighted by Crippen LogP contribution is 2.32. The lowest BCUT2D eigenvalue weighted by molar-refractivity contribution is -0.121. The van der Waals surface area contributed by atoms with Crippen LogP contribution in [0, 0.1) is 5.82 Å². The molecule has 2 aliphatic heterocycles. The Morgan fingerprint density at radius 1 is 1.16 bits per heavy atom. The fourth-order valence-corrected chi connectivity index (χ4v) is 4.97. The van der Waals surface area contributed by atoms with E-state index >= 15 is 0 Å². The van der Waals surface area contributed by atoms with Gasteiger partial charge in [0.1, 0.15) is 5.82 Å². The molecule has 7 heteroatoms. The topological polar surface area (TPSA) is 66.5 Å². The van der Waals surface area contributed by atoms with Crippen LogP contribution in [0.2, 0.25) is 0 Å². The maximum absolute atomic E-state index is 13.1. The molecule has 0 saturated carbocycles. The van der Waals surface area contributed by atoms with Crippen molar-refractivity contribution in [1.29, 1.82) is 0 Å². The normalized spacial score (nSPS) is 19.5. The third kappa shape index (κ3) is 3.87. The van der Waals surface area contributed by atoms with Crippen molar-refractivity contribution in [3.8, 4) is 0 Å². The van der Waals surface area contributed by atoms with Gasteiger partial charge in [-0.1, -0.05) is 25.1 Å². The molecule has 3 heterocycles. The summed E-state index contributed by atoms with van der Waals surface area (Å²) < 4.78 is 14.9. The number of nitrogens with zero attached hydrogens (tertiary/aromatic N) is 3. The van der Waals surface area contributed by atoms with Gasteiger partial charge < -0.3 is 16.1 Å². The minimum Gasteiger partial charge on any atom is -0.339 e. The SMILES string of the molecule is CCC1Cc2c(c3ccc(N4CCN(CCc5ccc(F)cc5)CC4=O)cc3n2N)CN1. The average Bonchev–Trinajstić information content (AvgIpc) is 3.09. The summed E-state index contributed by atoms with van der Waals surface area (Å²) in [6.45, 7) is 5.66. The summed E-state index contributed by atoms with van der Waals surface area (Å²) in [5.74, 6) is 6.37. The lowest BCUT2D eigenvalue weighted by atomic mass is 9.99. The molecule has 1 saturated heterocycles. The van der Waals surface area contributed by atoms with Gasteiger partial charge in [-0.15, -0.1) is 0 Å². The molecule has 1 fully saturated rings. The molecule has 168 valence electrons. The fraction of sp³-hybridized carbons (Fsp3) is 0.400. The van der Waals surface area contributed by atoms with Gasteiger partial charge in [-0.25, -0.2) is 4.39 Å². The van der Waals surface area contributed by atoms with Crippen LogP contribution in [0.15, 0.2) is 42.5 Å². The van der Waals surface area contributed by atoms with Gasteiger partial charge in [-0.2, -0.15) is 0 Å². The second-order valence-electron chi connectivity index (χ2n) is 8.88. The zero-order chi connectivity index (χ0) is 22.2. The van der Waals surface area contributed by atoms with Crippen molar-refractivity contribution in [3.05, 3.63) is 65.1 Å². The Hall–Kier alpha value is -2.90. The van der Waals surface area contributed by atoms with Gasteiger partial charge in [0.15, 0.2) is 0 Å². The predicted octanol–water partition coefficient (Wildman–Crippen LogP) is 2.81. The summed E-state index contributed by atoms with van der Waals surface area (Å²) in [7, 11) is 0. The summed E-state index contributed by atoms with van der Waals surface area (Å²) in [6, 6.07) is 13.2. The van der Waals surface area contributed by atoms with E-state index in [1.165, 1.54) is 28.8 Å². The van der Waals surface area contributed by atoms with Gasteiger partial charge in [0.25, 0.3) is 0 Å². The first-order chi connectivity index (χ1) is 15.5. The summed E-state index contributed by atoms with van der Waals surface area (Å²) in [5, 5.41) is 4.75. The Kier molecular flexibility index (Phi) is 5.61. The number of anilines is 1. The number of nitrogens with one attached hydrogen (secondary N) is 1. The molecule has 0 aliphatic carbocycles. The zero-order valence-electron chi connectivity index (χ0n) is 18.5. The highest BCUT2D eigenvalue weighted by Gasteiger charge is 2.27. The van der Waals surface area contributed by atoms with Gasteiger partial charge >= 0.3 is 0 Å². The molecule has 0 spiro atoms. The predicted molar refractivity (Wildman–Crippen MR) is 126 cm³/mol. The molecule has 1 amide bonds. The van der Waals surface area contributed by atoms with E-state index in [0.717, 1.165) is 55.7 Å². The van der Waals surface area contributed by atoms with E-state index in [0.29, 0.717) is 19.1 Å². The molecule has 2 aliphatic rings. The third-order valence-corrected chi connectivity index (χ3v) is 6.95.